The van der Waals surface area contributed by atoms with Crippen molar-refractivity contribution >= 4 is 0 Å². The average Bonchev–Trinajstić information content (AvgIpc) is 2.46. The molecule has 0 saturated carbocycles. The number of aliphatic hydroxyl groups is 1. The normalized spacial score (nSPS) is 18.2. The number of ether oxygens (including phenoxy) is 1. The van der Waals surface area contributed by atoms with Gasteiger partial charge in [0.1, 0.15) is 17.1 Å². The molecule has 1 aliphatic rings. The van der Waals surface area contributed by atoms with Gasteiger partial charge in [-0.2, -0.15) is 0 Å². The minimum atomic E-state index is -0.282. The Balaban J connectivity index is 2.27. The van der Waals surface area contributed by atoms with Gasteiger partial charge in [0.25, 0.3) is 0 Å². The van der Waals surface area contributed by atoms with Gasteiger partial charge in [-0.3, -0.25) is 4.90 Å². The van der Waals surface area contributed by atoms with Crippen LogP contribution < -0.4 is 10.1 Å². The van der Waals surface area contributed by atoms with Crippen LogP contribution in [0.15, 0.2) is 18.2 Å². The van der Waals surface area contributed by atoms with Crippen LogP contribution in [0.1, 0.15) is 38.8 Å². The van der Waals surface area contributed by atoms with Crippen molar-refractivity contribution in [3.8, 4) is 11.5 Å². The molecule has 1 aliphatic heterocycles. The lowest BCUT2D eigenvalue weighted by atomic mass is 10.00. The van der Waals surface area contributed by atoms with Crippen molar-refractivity contribution in [3.05, 3.63) is 23.8 Å². The fourth-order valence-electron chi connectivity index (χ4n) is 2.87. The molecule has 0 radical (unpaired) electrons. The number of aliphatic hydroxyl groups excluding tert-OH is 1. The number of hydrogen-bond donors (Lipinski definition) is 3. The fourth-order valence-corrected chi connectivity index (χ4v) is 2.87. The van der Waals surface area contributed by atoms with Gasteiger partial charge in [0, 0.05) is 44.4 Å². The maximum Gasteiger partial charge on any atom is 0.120 e. The van der Waals surface area contributed by atoms with Gasteiger partial charge in [0.2, 0.25) is 0 Å². The number of nitrogens with one attached hydrogen (secondary N) is 1. The van der Waals surface area contributed by atoms with Gasteiger partial charge in [-0.15, -0.1) is 0 Å². The Hall–Kier alpha value is -1.30. The fraction of sp³-hybridized carbons (Fsp3) is 0.647. The van der Waals surface area contributed by atoms with Crippen molar-refractivity contribution in [3.63, 3.8) is 0 Å². The number of aromatic hydroxyl groups is 1. The smallest absolute Gasteiger partial charge is 0.120 e. The first-order valence-corrected chi connectivity index (χ1v) is 7.98. The highest BCUT2D eigenvalue weighted by Gasteiger charge is 2.25. The molecule has 1 aromatic rings. The van der Waals surface area contributed by atoms with Crippen LogP contribution in [0.5, 0.6) is 11.5 Å². The van der Waals surface area contributed by atoms with Crippen molar-refractivity contribution in [1.29, 1.82) is 0 Å². The van der Waals surface area contributed by atoms with Crippen LogP contribution in [0.2, 0.25) is 0 Å². The molecule has 1 heterocycles. The summed E-state index contributed by atoms with van der Waals surface area (Å²) in [5.74, 6) is 1.01. The molecule has 5 heteroatoms. The quantitative estimate of drug-likeness (QED) is 0.775. The molecule has 0 unspecified atom stereocenters. The summed E-state index contributed by atoms with van der Waals surface area (Å²) in [6, 6.07) is 5.39. The predicted octanol–water partition coefficient (Wildman–Crippen LogP) is 1.90. The SMILES string of the molecule is CC(C)(C)Oc1ccc(O)c([C@H](CCO)N2CCNCC2)c1. The Kier molecular flexibility index (Phi) is 5.67. The van der Waals surface area contributed by atoms with Crippen LogP contribution in [0.4, 0.5) is 0 Å². The second-order valence-corrected chi connectivity index (χ2v) is 6.75. The topological polar surface area (TPSA) is 65.0 Å². The van der Waals surface area contributed by atoms with E-state index < -0.39 is 0 Å². The molecule has 1 atom stereocenters. The van der Waals surface area contributed by atoms with Gasteiger partial charge in [-0.05, 0) is 45.4 Å². The molecule has 5 nitrogen and oxygen atoms in total. The van der Waals surface area contributed by atoms with Gasteiger partial charge in [-0.25, -0.2) is 0 Å². The standard InChI is InChI=1S/C17H28N2O3/c1-17(2,3)22-13-4-5-16(21)14(12-13)15(6-11-20)19-9-7-18-8-10-19/h4-5,12,15,18,20-21H,6-11H2,1-3H3/t15-/m0/s1. The Morgan fingerprint density at radius 1 is 1.27 bits per heavy atom. The van der Waals surface area contributed by atoms with Crippen LogP contribution in [-0.4, -0.2) is 53.5 Å². The Labute approximate surface area is 132 Å². The van der Waals surface area contributed by atoms with E-state index in [4.69, 9.17) is 4.74 Å². The van der Waals surface area contributed by atoms with Gasteiger partial charge in [-0.1, -0.05) is 0 Å². The average molecular weight is 308 g/mol. The first-order valence-electron chi connectivity index (χ1n) is 7.98. The zero-order valence-corrected chi connectivity index (χ0v) is 13.8. The van der Waals surface area contributed by atoms with Crippen molar-refractivity contribution < 1.29 is 14.9 Å². The van der Waals surface area contributed by atoms with Gasteiger partial charge < -0.3 is 20.3 Å². The molecule has 1 saturated heterocycles. The number of benzene rings is 1. The molecule has 1 aromatic carbocycles. The number of phenolic OH excluding ortho intramolecular Hbond substituents is 1. The molecule has 3 N–H and O–H groups in total. The Morgan fingerprint density at radius 3 is 2.55 bits per heavy atom. The second-order valence-electron chi connectivity index (χ2n) is 6.75. The zero-order valence-electron chi connectivity index (χ0n) is 13.8. The van der Waals surface area contributed by atoms with E-state index in [0.717, 1.165) is 37.5 Å². The van der Waals surface area contributed by atoms with Gasteiger partial charge in [0.05, 0.1) is 0 Å². The van der Waals surface area contributed by atoms with Crippen LogP contribution in [-0.2, 0) is 0 Å². The Bertz CT molecular complexity index is 479. The number of rotatable bonds is 5. The molecule has 0 amide bonds. The highest BCUT2D eigenvalue weighted by Crippen LogP contribution is 2.35. The molecule has 1 fully saturated rings. The van der Waals surface area contributed by atoms with E-state index in [1.54, 1.807) is 12.1 Å². The number of nitrogens with zero attached hydrogens (tertiary/aromatic N) is 1. The second kappa shape index (κ2) is 7.31. The first kappa shape index (κ1) is 17.1. The summed E-state index contributed by atoms with van der Waals surface area (Å²) in [6.45, 7) is 9.78. The summed E-state index contributed by atoms with van der Waals surface area (Å²) in [7, 11) is 0. The van der Waals surface area contributed by atoms with Crippen molar-refractivity contribution in [2.45, 2.75) is 38.8 Å². The lowest BCUT2D eigenvalue weighted by Gasteiger charge is -2.35. The molecule has 2 rings (SSSR count). The monoisotopic (exact) mass is 308 g/mol. The maximum absolute atomic E-state index is 10.3. The Morgan fingerprint density at radius 2 is 1.95 bits per heavy atom. The summed E-state index contributed by atoms with van der Waals surface area (Å²) in [5, 5.41) is 23.0. The first-order chi connectivity index (χ1) is 10.4. The van der Waals surface area contributed by atoms with Crippen LogP contribution in [0.25, 0.3) is 0 Å². The van der Waals surface area contributed by atoms with Gasteiger partial charge in [0.15, 0.2) is 0 Å². The van der Waals surface area contributed by atoms with E-state index in [1.165, 1.54) is 0 Å². The lowest BCUT2D eigenvalue weighted by Crippen LogP contribution is -2.45. The molecule has 0 bridgehead atoms. The van der Waals surface area contributed by atoms with E-state index in [0.29, 0.717) is 6.42 Å². The molecule has 124 valence electrons. The molecular weight excluding hydrogens is 280 g/mol. The van der Waals surface area contributed by atoms with E-state index in [9.17, 15) is 10.2 Å². The molecule has 22 heavy (non-hydrogen) atoms. The summed E-state index contributed by atoms with van der Waals surface area (Å²) in [4.78, 5) is 2.31. The van der Waals surface area contributed by atoms with E-state index >= 15 is 0 Å². The molecular formula is C17H28N2O3. The summed E-state index contributed by atoms with van der Waals surface area (Å²) >= 11 is 0. The van der Waals surface area contributed by atoms with Gasteiger partial charge >= 0.3 is 0 Å². The third-order valence-electron chi connectivity index (χ3n) is 3.78. The number of piperazine rings is 1. The third kappa shape index (κ3) is 4.60. The van der Waals surface area contributed by atoms with E-state index in [-0.39, 0.29) is 24.0 Å². The minimum Gasteiger partial charge on any atom is -0.508 e. The summed E-state index contributed by atoms with van der Waals surface area (Å²) < 4.78 is 5.91. The summed E-state index contributed by atoms with van der Waals surface area (Å²) in [5.41, 5.74) is 0.549. The third-order valence-corrected chi connectivity index (χ3v) is 3.78. The van der Waals surface area contributed by atoms with Crippen LogP contribution >= 0.6 is 0 Å². The predicted molar refractivity (Wildman–Crippen MR) is 87.4 cm³/mol. The van der Waals surface area contributed by atoms with Crippen LogP contribution in [0, 0.1) is 0 Å². The molecule has 0 aromatic heterocycles. The van der Waals surface area contributed by atoms with Crippen LogP contribution in [0.3, 0.4) is 0 Å². The number of hydrogen-bond acceptors (Lipinski definition) is 5. The van der Waals surface area contributed by atoms with Crippen molar-refractivity contribution in [2.24, 2.45) is 0 Å². The maximum atomic E-state index is 10.3. The zero-order chi connectivity index (χ0) is 16.2. The molecule has 0 spiro atoms. The van der Waals surface area contributed by atoms with E-state index in [2.05, 4.69) is 10.2 Å². The minimum absolute atomic E-state index is 0.00983. The highest BCUT2D eigenvalue weighted by molar-refractivity contribution is 5.41. The lowest BCUT2D eigenvalue weighted by molar-refractivity contribution is 0.126. The summed E-state index contributed by atoms with van der Waals surface area (Å²) in [6.07, 6.45) is 0.604. The van der Waals surface area contributed by atoms with Crippen molar-refractivity contribution in [2.75, 3.05) is 32.8 Å². The van der Waals surface area contributed by atoms with Crippen molar-refractivity contribution in [1.82, 2.24) is 10.2 Å². The number of phenols is 1. The highest BCUT2D eigenvalue weighted by atomic mass is 16.5. The largest absolute Gasteiger partial charge is 0.508 e. The van der Waals surface area contributed by atoms with E-state index in [1.807, 2.05) is 26.8 Å². The molecule has 0 aliphatic carbocycles.